The zero-order valence-electron chi connectivity index (χ0n) is 14.3. The van der Waals surface area contributed by atoms with Crippen molar-refractivity contribution in [2.75, 3.05) is 6.54 Å². The Labute approximate surface area is 165 Å². The van der Waals surface area contributed by atoms with Gasteiger partial charge in [0.15, 0.2) is 5.78 Å². The van der Waals surface area contributed by atoms with Gasteiger partial charge in [0.1, 0.15) is 0 Å². The lowest BCUT2D eigenvalue weighted by Gasteiger charge is -2.32. The van der Waals surface area contributed by atoms with Crippen molar-refractivity contribution < 1.29 is 9.72 Å². The van der Waals surface area contributed by atoms with Crippen molar-refractivity contribution in [3.05, 3.63) is 115 Å². The molecule has 3 aromatic rings. The standard InChI is InChI=1S/C22H16BrNO3/c23-15-11-9-14(10-12-15)20(13-24(26)27)21-16-5-1-3-7-18(16)22(25)19-8-4-2-6-17(19)21/h1-12,20-21H,13H2. The van der Waals surface area contributed by atoms with Gasteiger partial charge >= 0.3 is 0 Å². The first-order chi connectivity index (χ1) is 13.1. The Morgan fingerprint density at radius 3 is 1.93 bits per heavy atom. The molecule has 0 heterocycles. The van der Waals surface area contributed by atoms with Crippen LogP contribution in [0.25, 0.3) is 0 Å². The average Bonchev–Trinajstić information content (AvgIpc) is 2.68. The van der Waals surface area contributed by atoms with E-state index in [1.165, 1.54) is 0 Å². The quantitative estimate of drug-likeness (QED) is 0.430. The molecule has 0 spiro atoms. The largest absolute Gasteiger partial charge is 0.289 e. The minimum atomic E-state index is -0.372. The fraction of sp³-hybridized carbons (Fsp3) is 0.136. The van der Waals surface area contributed by atoms with Crippen molar-refractivity contribution in [2.45, 2.75) is 11.8 Å². The van der Waals surface area contributed by atoms with Gasteiger partial charge < -0.3 is 0 Å². The summed E-state index contributed by atoms with van der Waals surface area (Å²) in [5.74, 6) is -0.640. The molecular formula is C22H16BrNO3. The second kappa shape index (κ2) is 7.08. The average molecular weight is 422 g/mol. The van der Waals surface area contributed by atoms with Gasteiger partial charge in [0, 0.05) is 26.4 Å². The predicted molar refractivity (Wildman–Crippen MR) is 107 cm³/mol. The highest BCUT2D eigenvalue weighted by Crippen LogP contribution is 2.45. The van der Waals surface area contributed by atoms with E-state index in [-0.39, 0.29) is 29.1 Å². The van der Waals surface area contributed by atoms with E-state index < -0.39 is 0 Å². The lowest BCUT2D eigenvalue weighted by atomic mass is 9.70. The van der Waals surface area contributed by atoms with Crippen LogP contribution in [-0.2, 0) is 0 Å². The Morgan fingerprint density at radius 1 is 0.889 bits per heavy atom. The number of rotatable bonds is 4. The van der Waals surface area contributed by atoms with Gasteiger partial charge in [-0.05, 0) is 28.8 Å². The van der Waals surface area contributed by atoms with Crippen molar-refractivity contribution in [1.29, 1.82) is 0 Å². The summed E-state index contributed by atoms with van der Waals surface area (Å²) in [6.07, 6.45) is 0. The number of carbonyl (C=O) groups excluding carboxylic acids is 1. The van der Waals surface area contributed by atoms with Crippen LogP contribution in [0.3, 0.4) is 0 Å². The van der Waals surface area contributed by atoms with Gasteiger partial charge in [-0.2, -0.15) is 0 Å². The van der Waals surface area contributed by atoms with Crippen LogP contribution in [0.5, 0.6) is 0 Å². The van der Waals surface area contributed by atoms with Crippen LogP contribution in [-0.4, -0.2) is 17.3 Å². The first kappa shape index (κ1) is 17.6. The molecule has 0 amide bonds. The first-order valence-electron chi connectivity index (χ1n) is 8.66. The van der Waals surface area contributed by atoms with E-state index in [9.17, 15) is 14.9 Å². The molecule has 0 saturated heterocycles. The van der Waals surface area contributed by atoms with E-state index in [4.69, 9.17) is 0 Å². The van der Waals surface area contributed by atoms with E-state index >= 15 is 0 Å². The summed E-state index contributed by atoms with van der Waals surface area (Å²) in [6, 6.07) is 22.5. The Morgan fingerprint density at radius 2 is 1.41 bits per heavy atom. The molecular weight excluding hydrogens is 406 g/mol. The van der Waals surface area contributed by atoms with Crippen molar-refractivity contribution in [2.24, 2.45) is 0 Å². The van der Waals surface area contributed by atoms with Crippen LogP contribution >= 0.6 is 15.9 Å². The smallest absolute Gasteiger partial charge is 0.211 e. The van der Waals surface area contributed by atoms with Crippen LogP contribution in [0.1, 0.15) is 44.4 Å². The minimum Gasteiger partial charge on any atom is -0.289 e. The number of hydrogen-bond donors (Lipinski definition) is 0. The fourth-order valence-corrected chi connectivity index (χ4v) is 4.23. The summed E-state index contributed by atoms with van der Waals surface area (Å²) in [4.78, 5) is 24.2. The Bertz CT molecular complexity index is 980. The van der Waals surface area contributed by atoms with Crippen LogP contribution in [0.4, 0.5) is 0 Å². The maximum Gasteiger partial charge on any atom is 0.211 e. The highest BCUT2D eigenvalue weighted by Gasteiger charge is 2.38. The number of halogens is 1. The molecule has 1 atom stereocenters. The van der Waals surface area contributed by atoms with E-state index in [0.717, 1.165) is 21.2 Å². The van der Waals surface area contributed by atoms with Crippen molar-refractivity contribution >= 4 is 21.7 Å². The number of ketones is 1. The zero-order chi connectivity index (χ0) is 19.0. The molecule has 0 N–H and O–H groups in total. The van der Waals surface area contributed by atoms with Crippen molar-refractivity contribution in [3.63, 3.8) is 0 Å². The van der Waals surface area contributed by atoms with Gasteiger partial charge in [-0.3, -0.25) is 14.9 Å². The van der Waals surface area contributed by atoms with Gasteiger partial charge in [0.25, 0.3) is 0 Å². The van der Waals surface area contributed by atoms with E-state index in [1.54, 1.807) is 0 Å². The molecule has 0 bridgehead atoms. The summed E-state index contributed by atoms with van der Waals surface area (Å²) in [6.45, 7) is -0.205. The van der Waals surface area contributed by atoms with Gasteiger partial charge in [0.2, 0.25) is 6.54 Å². The molecule has 1 aliphatic rings. The van der Waals surface area contributed by atoms with E-state index in [0.29, 0.717) is 11.1 Å². The SMILES string of the molecule is O=C1c2ccccc2C(C(C[N+](=O)[O-])c2ccc(Br)cc2)c2ccccc21. The first-order valence-corrected chi connectivity index (χ1v) is 9.45. The molecule has 0 fully saturated rings. The maximum absolute atomic E-state index is 12.9. The topological polar surface area (TPSA) is 60.2 Å². The predicted octanol–water partition coefficient (Wildman–Crippen LogP) is 5.19. The van der Waals surface area contributed by atoms with Crippen LogP contribution in [0.15, 0.2) is 77.3 Å². The van der Waals surface area contributed by atoms with Crippen molar-refractivity contribution in [1.82, 2.24) is 0 Å². The van der Waals surface area contributed by atoms with Gasteiger partial charge in [-0.1, -0.05) is 76.6 Å². The molecule has 0 aromatic heterocycles. The van der Waals surface area contributed by atoms with Crippen molar-refractivity contribution in [3.8, 4) is 0 Å². The van der Waals surface area contributed by atoms with Crippen LogP contribution in [0.2, 0.25) is 0 Å². The monoisotopic (exact) mass is 421 g/mol. The molecule has 4 nitrogen and oxygen atoms in total. The molecule has 0 aliphatic heterocycles. The summed E-state index contributed by atoms with van der Waals surface area (Å²) >= 11 is 3.42. The van der Waals surface area contributed by atoms with E-state index in [1.807, 2.05) is 72.8 Å². The highest BCUT2D eigenvalue weighted by atomic mass is 79.9. The molecule has 3 aromatic carbocycles. The Kier molecular flexibility index (Phi) is 4.62. The number of hydrogen-bond acceptors (Lipinski definition) is 3. The zero-order valence-corrected chi connectivity index (χ0v) is 15.9. The molecule has 5 heteroatoms. The number of carbonyl (C=O) groups is 1. The Balaban J connectivity index is 1.94. The summed E-state index contributed by atoms with van der Waals surface area (Å²) in [5.41, 5.74) is 3.86. The molecule has 1 unspecified atom stereocenters. The fourth-order valence-electron chi connectivity index (χ4n) is 3.97. The third-order valence-corrected chi connectivity index (χ3v) is 5.66. The second-order valence-electron chi connectivity index (χ2n) is 6.65. The summed E-state index contributed by atoms with van der Waals surface area (Å²) in [5, 5.41) is 11.5. The van der Waals surface area contributed by atoms with Gasteiger partial charge in [-0.15, -0.1) is 0 Å². The highest BCUT2D eigenvalue weighted by molar-refractivity contribution is 9.10. The number of benzene rings is 3. The van der Waals surface area contributed by atoms with Gasteiger partial charge in [-0.25, -0.2) is 0 Å². The number of fused-ring (bicyclic) bond motifs is 2. The van der Waals surface area contributed by atoms with Gasteiger partial charge in [0.05, 0.1) is 5.92 Å². The Hall–Kier alpha value is -2.79. The molecule has 134 valence electrons. The van der Waals surface area contributed by atoms with Crippen LogP contribution in [0, 0.1) is 10.1 Å². The summed E-state index contributed by atoms with van der Waals surface area (Å²) < 4.78 is 0.922. The molecule has 4 rings (SSSR count). The maximum atomic E-state index is 12.9. The second-order valence-corrected chi connectivity index (χ2v) is 7.57. The minimum absolute atomic E-state index is 0.0203. The summed E-state index contributed by atoms with van der Waals surface area (Å²) in [7, 11) is 0. The molecule has 0 saturated carbocycles. The molecule has 27 heavy (non-hydrogen) atoms. The third kappa shape index (κ3) is 3.19. The molecule has 0 radical (unpaired) electrons. The third-order valence-electron chi connectivity index (χ3n) is 5.13. The number of nitrogens with zero attached hydrogens (tertiary/aromatic N) is 1. The normalized spacial score (nSPS) is 14.3. The van der Waals surface area contributed by atoms with Crippen LogP contribution < -0.4 is 0 Å². The molecule has 1 aliphatic carbocycles. The lowest BCUT2D eigenvalue weighted by molar-refractivity contribution is -0.483. The van der Waals surface area contributed by atoms with E-state index in [2.05, 4.69) is 15.9 Å². The lowest BCUT2D eigenvalue weighted by Crippen LogP contribution is -2.27. The number of nitro groups is 1.